The van der Waals surface area contributed by atoms with Crippen LogP contribution in [0.25, 0.3) is 0 Å². The van der Waals surface area contributed by atoms with Gasteiger partial charge in [-0.05, 0) is 37.4 Å². The van der Waals surface area contributed by atoms with E-state index in [0.29, 0.717) is 5.92 Å². The summed E-state index contributed by atoms with van der Waals surface area (Å²) in [6.07, 6.45) is 0.963. The lowest BCUT2D eigenvalue weighted by atomic mass is 10.1. The number of nitrogens with two attached hydrogens (primary N) is 1. The molecule has 0 amide bonds. The predicted molar refractivity (Wildman–Crippen MR) is 71.9 cm³/mol. The van der Waals surface area contributed by atoms with Crippen molar-refractivity contribution in [3.8, 4) is 0 Å². The third-order valence-corrected chi connectivity index (χ3v) is 2.71. The van der Waals surface area contributed by atoms with Crippen molar-refractivity contribution < 1.29 is 0 Å². The van der Waals surface area contributed by atoms with Crippen molar-refractivity contribution in [3.05, 3.63) is 29.8 Å². The van der Waals surface area contributed by atoms with Gasteiger partial charge in [0.25, 0.3) is 0 Å². The Morgan fingerprint density at radius 2 is 1.94 bits per heavy atom. The summed E-state index contributed by atoms with van der Waals surface area (Å²) in [5, 5.41) is 0. The maximum atomic E-state index is 5.65. The fourth-order valence-electron chi connectivity index (χ4n) is 2.02. The van der Waals surface area contributed by atoms with Crippen LogP contribution in [-0.4, -0.2) is 19.6 Å². The van der Waals surface area contributed by atoms with Gasteiger partial charge in [-0.1, -0.05) is 32.0 Å². The highest BCUT2D eigenvalue weighted by atomic mass is 15.1. The molecule has 1 aromatic rings. The molecule has 0 saturated heterocycles. The largest absolute Gasteiger partial charge is 0.371 e. The molecule has 0 aliphatic heterocycles. The second-order valence-electron chi connectivity index (χ2n) is 4.60. The molecular formula is C14H24N2. The first kappa shape index (κ1) is 13.0. The molecular weight excluding hydrogens is 196 g/mol. The summed E-state index contributed by atoms with van der Waals surface area (Å²) in [5.74, 6) is 0.686. The molecule has 0 heterocycles. The third kappa shape index (κ3) is 3.53. The molecule has 0 spiro atoms. The number of hydrogen-bond acceptors (Lipinski definition) is 2. The van der Waals surface area contributed by atoms with E-state index in [0.717, 1.165) is 26.1 Å². The van der Waals surface area contributed by atoms with Gasteiger partial charge in [0.2, 0.25) is 0 Å². The van der Waals surface area contributed by atoms with Gasteiger partial charge in [0.05, 0.1) is 0 Å². The van der Waals surface area contributed by atoms with Crippen molar-refractivity contribution in [2.75, 3.05) is 24.5 Å². The monoisotopic (exact) mass is 220 g/mol. The Morgan fingerprint density at radius 1 is 1.25 bits per heavy atom. The van der Waals surface area contributed by atoms with Crippen molar-refractivity contribution in [3.63, 3.8) is 0 Å². The second-order valence-corrected chi connectivity index (χ2v) is 4.60. The maximum Gasteiger partial charge on any atom is 0.0399 e. The van der Waals surface area contributed by atoms with Crippen molar-refractivity contribution >= 4 is 5.69 Å². The fraction of sp³-hybridized carbons (Fsp3) is 0.571. The summed E-state index contributed by atoms with van der Waals surface area (Å²) < 4.78 is 0. The number of hydrogen-bond donors (Lipinski definition) is 1. The zero-order valence-electron chi connectivity index (χ0n) is 10.7. The number of anilines is 1. The second kappa shape index (κ2) is 6.54. The molecule has 90 valence electrons. The van der Waals surface area contributed by atoms with Gasteiger partial charge in [-0.3, -0.25) is 0 Å². The summed E-state index contributed by atoms with van der Waals surface area (Å²) in [7, 11) is 0. The molecule has 2 N–H and O–H groups in total. The summed E-state index contributed by atoms with van der Waals surface area (Å²) in [4.78, 5) is 2.44. The molecule has 2 heteroatoms. The zero-order chi connectivity index (χ0) is 12.0. The fourth-order valence-corrected chi connectivity index (χ4v) is 2.02. The molecule has 0 unspecified atom stereocenters. The Balaban J connectivity index is 2.89. The van der Waals surface area contributed by atoms with Gasteiger partial charge in [-0.2, -0.15) is 0 Å². The van der Waals surface area contributed by atoms with E-state index in [1.165, 1.54) is 11.3 Å². The van der Waals surface area contributed by atoms with Crippen LogP contribution in [0.3, 0.4) is 0 Å². The lowest BCUT2D eigenvalue weighted by molar-refractivity contribution is 0.617. The average Bonchev–Trinajstić information content (AvgIpc) is 2.27. The maximum absolute atomic E-state index is 5.65. The molecule has 2 nitrogen and oxygen atoms in total. The first-order valence-corrected chi connectivity index (χ1v) is 6.22. The third-order valence-electron chi connectivity index (χ3n) is 2.71. The highest BCUT2D eigenvalue weighted by Crippen LogP contribution is 2.21. The van der Waals surface area contributed by atoms with E-state index >= 15 is 0 Å². The van der Waals surface area contributed by atoms with Gasteiger partial charge < -0.3 is 10.6 Å². The molecule has 16 heavy (non-hydrogen) atoms. The number of para-hydroxylation sites is 1. The summed E-state index contributed by atoms with van der Waals surface area (Å²) in [6, 6.07) is 8.60. The van der Waals surface area contributed by atoms with E-state index in [4.69, 9.17) is 5.73 Å². The molecule has 0 fully saturated rings. The van der Waals surface area contributed by atoms with E-state index < -0.39 is 0 Å². The van der Waals surface area contributed by atoms with Crippen LogP contribution in [0.5, 0.6) is 0 Å². The molecule has 0 aliphatic rings. The lowest BCUT2D eigenvalue weighted by Crippen LogP contribution is -2.28. The normalized spacial score (nSPS) is 10.8. The Morgan fingerprint density at radius 3 is 2.50 bits per heavy atom. The Hall–Kier alpha value is -1.02. The number of nitrogens with zero attached hydrogens (tertiary/aromatic N) is 1. The van der Waals surface area contributed by atoms with Crippen molar-refractivity contribution in [1.82, 2.24) is 0 Å². The van der Waals surface area contributed by atoms with Crippen LogP contribution in [0.4, 0.5) is 5.69 Å². The zero-order valence-corrected chi connectivity index (χ0v) is 10.7. The standard InChI is InChI=1S/C14H24N2/c1-4-16(11-12(2)3)14-8-6-5-7-13(14)9-10-15/h5-8,12H,4,9-11,15H2,1-3H3. The lowest BCUT2D eigenvalue weighted by Gasteiger charge is -2.27. The smallest absolute Gasteiger partial charge is 0.0399 e. The molecule has 1 aromatic carbocycles. The Kier molecular flexibility index (Phi) is 5.33. The van der Waals surface area contributed by atoms with E-state index in [1.807, 2.05) is 0 Å². The summed E-state index contributed by atoms with van der Waals surface area (Å²) in [6.45, 7) is 9.61. The van der Waals surface area contributed by atoms with E-state index in [2.05, 4.69) is 49.9 Å². The average molecular weight is 220 g/mol. The van der Waals surface area contributed by atoms with Gasteiger partial charge >= 0.3 is 0 Å². The van der Waals surface area contributed by atoms with Gasteiger partial charge in [0.15, 0.2) is 0 Å². The number of benzene rings is 1. The van der Waals surface area contributed by atoms with Crippen molar-refractivity contribution in [2.24, 2.45) is 11.7 Å². The molecule has 0 aliphatic carbocycles. The van der Waals surface area contributed by atoms with Crippen molar-refractivity contribution in [1.29, 1.82) is 0 Å². The van der Waals surface area contributed by atoms with Crippen LogP contribution in [0.15, 0.2) is 24.3 Å². The minimum absolute atomic E-state index is 0.686. The van der Waals surface area contributed by atoms with Crippen LogP contribution >= 0.6 is 0 Å². The van der Waals surface area contributed by atoms with Crippen LogP contribution in [-0.2, 0) is 6.42 Å². The quantitative estimate of drug-likeness (QED) is 0.798. The van der Waals surface area contributed by atoms with Crippen molar-refractivity contribution in [2.45, 2.75) is 27.2 Å². The Bertz CT molecular complexity index is 307. The van der Waals surface area contributed by atoms with Crippen LogP contribution < -0.4 is 10.6 Å². The van der Waals surface area contributed by atoms with Crippen LogP contribution in [0, 0.1) is 5.92 Å². The van der Waals surface area contributed by atoms with E-state index in [-0.39, 0.29) is 0 Å². The Labute approximate surface area is 99.5 Å². The van der Waals surface area contributed by atoms with Crippen LogP contribution in [0.2, 0.25) is 0 Å². The number of rotatable bonds is 6. The topological polar surface area (TPSA) is 29.3 Å². The van der Waals surface area contributed by atoms with E-state index in [9.17, 15) is 0 Å². The summed E-state index contributed by atoms with van der Waals surface area (Å²) in [5.41, 5.74) is 8.37. The first-order chi connectivity index (χ1) is 7.69. The van der Waals surface area contributed by atoms with Gasteiger partial charge in [0, 0.05) is 18.8 Å². The molecule has 0 aromatic heterocycles. The molecule has 0 bridgehead atoms. The SMILES string of the molecule is CCN(CC(C)C)c1ccccc1CCN. The highest BCUT2D eigenvalue weighted by molar-refractivity contribution is 5.53. The predicted octanol–water partition coefficient (Wildman–Crippen LogP) is 2.67. The van der Waals surface area contributed by atoms with Gasteiger partial charge in [-0.15, -0.1) is 0 Å². The summed E-state index contributed by atoms with van der Waals surface area (Å²) >= 11 is 0. The molecule has 1 rings (SSSR count). The highest BCUT2D eigenvalue weighted by Gasteiger charge is 2.09. The minimum Gasteiger partial charge on any atom is -0.371 e. The van der Waals surface area contributed by atoms with Gasteiger partial charge in [0.1, 0.15) is 0 Å². The van der Waals surface area contributed by atoms with Crippen LogP contribution in [0.1, 0.15) is 26.3 Å². The minimum atomic E-state index is 0.686. The molecule has 0 saturated carbocycles. The molecule has 0 radical (unpaired) electrons. The van der Waals surface area contributed by atoms with Gasteiger partial charge in [-0.25, -0.2) is 0 Å². The first-order valence-electron chi connectivity index (χ1n) is 6.22. The molecule has 0 atom stereocenters. The van der Waals surface area contributed by atoms with E-state index in [1.54, 1.807) is 0 Å².